The molecule has 8 heteroatoms. The lowest BCUT2D eigenvalue weighted by Gasteiger charge is -2.14. The quantitative estimate of drug-likeness (QED) is 0.188. The van der Waals surface area contributed by atoms with Crippen LogP contribution in [-0.4, -0.2) is 41.0 Å². The smallest absolute Gasteiger partial charge is 0.337 e. The van der Waals surface area contributed by atoms with Crippen molar-refractivity contribution in [3.63, 3.8) is 0 Å². The zero-order valence-electron chi connectivity index (χ0n) is 20.6. The molecule has 0 aliphatic carbocycles. The van der Waals surface area contributed by atoms with E-state index >= 15 is 0 Å². The van der Waals surface area contributed by atoms with Gasteiger partial charge >= 0.3 is 16.1 Å². The van der Waals surface area contributed by atoms with Gasteiger partial charge in [-0.25, -0.2) is 4.79 Å². The molecule has 0 aliphatic heterocycles. The van der Waals surface area contributed by atoms with Gasteiger partial charge in [-0.15, -0.1) is 0 Å². The third-order valence-electron chi connectivity index (χ3n) is 5.35. The van der Waals surface area contributed by atoms with Crippen LogP contribution in [-0.2, 0) is 27.7 Å². The molecule has 188 valence electrons. The largest absolute Gasteiger partial charge is 0.493 e. The minimum Gasteiger partial charge on any atom is -0.493 e. The molecule has 0 aliphatic rings. The lowest BCUT2D eigenvalue weighted by atomic mass is 10.0. The van der Waals surface area contributed by atoms with E-state index in [9.17, 15) is 13.2 Å². The van der Waals surface area contributed by atoms with Gasteiger partial charge in [0, 0.05) is 0 Å². The summed E-state index contributed by atoms with van der Waals surface area (Å²) >= 11 is 0. The standard InChI is InChI=1S/C26H36O7S/c1-5-7-16-32-24-19-22(26(27)31-4)14-13-21(24)11-9-10-20-12-15-23(25(18-20)30-3)33-34(28,29)17-8-6-2/h12-15,18-19H,5-11,16-17H2,1-4H3. The molecule has 2 rings (SSSR count). The molecule has 2 aromatic carbocycles. The van der Waals surface area contributed by atoms with E-state index in [0.717, 1.165) is 49.7 Å². The highest BCUT2D eigenvalue weighted by molar-refractivity contribution is 7.87. The Bertz CT molecular complexity index is 1030. The summed E-state index contributed by atoms with van der Waals surface area (Å²) < 4.78 is 45.6. The van der Waals surface area contributed by atoms with Gasteiger partial charge in [0.1, 0.15) is 5.75 Å². The van der Waals surface area contributed by atoms with E-state index in [1.165, 1.54) is 14.2 Å². The number of unbranched alkanes of at least 4 members (excludes halogenated alkanes) is 2. The average Bonchev–Trinajstić information content (AvgIpc) is 2.83. The maximum atomic E-state index is 12.1. The second-order valence-corrected chi connectivity index (χ2v) is 9.74. The molecule has 0 saturated heterocycles. The maximum Gasteiger partial charge on any atom is 0.337 e. The number of benzene rings is 2. The van der Waals surface area contributed by atoms with Crippen molar-refractivity contribution in [2.24, 2.45) is 0 Å². The Balaban J connectivity index is 2.07. The number of esters is 1. The van der Waals surface area contributed by atoms with E-state index in [1.54, 1.807) is 18.2 Å². The van der Waals surface area contributed by atoms with Crippen molar-refractivity contribution < 1.29 is 31.6 Å². The molecule has 7 nitrogen and oxygen atoms in total. The summed E-state index contributed by atoms with van der Waals surface area (Å²) in [7, 11) is -0.795. The Morgan fingerprint density at radius 2 is 1.62 bits per heavy atom. The van der Waals surface area contributed by atoms with Crippen LogP contribution < -0.4 is 13.7 Å². The van der Waals surface area contributed by atoms with Gasteiger partial charge in [-0.3, -0.25) is 0 Å². The monoisotopic (exact) mass is 492 g/mol. The van der Waals surface area contributed by atoms with Crippen LogP contribution in [0.4, 0.5) is 0 Å². The minimum absolute atomic E-state index is 0.0220. The van der Waals surface area contributed by atoms with E-state index in [0.29, 0.717) is 30.1 Å². The summed E-state index contributed by atoms with van der Waals surface area (Å²) in [5, 5.41) is 0. The Morgan fingerprint density at radius 1 is 0.853 bits per heavy atom. The first kappa shape index (κ1) is 27.5. The molecule has 2 aromatic rings. The van der Waals surface area contributed by atoms with Crippen LogP contribution in [0.5, 0.6) is 17.2 Å². The van der Waals surface area contributed by atoms with Crippen molar-refractivity contribution in [2.75, 3.05) is 26.6 Å². The highest BCUT2D eigenvalue weighted by Crippen LogP contribution is 2.30. The topological polar surface area (TPSA) is 88.1 Å². The van der Waals surface area contributed by atoms with Gasteiger partial charge in [0.25, 0.3) is 0 Å². The van der Waals surface area contributed by atoms with E-state index in [-0.39, 0.29) is 11.5 Å². The number of carbonyl (C=O) groups is 1. The van der Waals surface area contributed by atoms with Crippen LogP contribution in [0, 0.1) is 0 Å². The molecule has 0 spiro atoms. The molecule has 0 saturated carbocycles. The minimum atomic E-state index is -3.65. The molecular weight excluding hydrogens is 456 g/mol. The van der Waals surface area contributed by atoms with Gasteiger partial charge in [0.15, 0.2) is 11.5 Å². The predicted octanol–water partition coefficient (Wildman–Crippen LogP) is 5.34. The Morgan fingerprint density at radius 3 is 2.29 bits per heavy atom. The molecule has 0 fully saturated rings. The SMILES string of the molecule is CCCCOc1cc(C(=O)OC)ccc1CCCc1ccc(OS(=O)(=O)CCCC)c(OC)c1. The van der Waals surface area contributed by atoms with Crippen molar-refractivity contribution in [1.82, 2.24) is 0 Å². The number of hydrogen-bond donors (Lipinski definition) is 0. The number of ether oxygens (including phenoxy) is 3. The first-order valence-electron chi connectivity index (χ1n) is 11.8. The van der Waals surface area contributed by atoms with Crippen molar-refractivity contribution in [1.29, 1.82) is 0 Å². The van der Waals surface area contributed by atoms with Crippen LogP contribution in [0.3, 0.4) is 0 Å². The van der Waals surface area contributed by atoms with Gasteiger partial charge in [-0.1, -0.05) is 38.8 Å². The number of hydrogen-bond acceptors (Lipinski definition) is 7. The van der Waals surface area contributed by atoms with E-state index in [1.807, 2.05) is 25.1 Å². The third-order valence-corrected chi connectivity index (χ3v) is 6.57. The lowest BCUT2D eigenvalue weighted by Crippen LogP contribution is -2.14. The molecular formula is C26H36O7S. The molecule has 34 heavy (non-hydrogen) atoms. The molecule has 0 radical (unpaired) electrons. The van der Waals surface area contributed by atoms with Gasteiger partial charge in [0.2, 0.25) is 0 Å². The number of aryl methyl sites for hydroxylation is 2. The van der Waals surface area contributed by atoms with Crippen LogP contribution >= 0.6 is 0 Å². The first-order chi connectivity index (χ1) is 16.3. The summed E-state index contributed by atoms with van der Waals surface area (Å²) in [6, 6.07) is 10.7. The van der Waals surface area contributed by atoms with E-state index < -0.39 is 16.1 Å². The van der Waals surface area contributed by atoms with Gasteiger partial charge in [0.05, 0.1) is 32.1 Å². The van der Waals surface area contributed by atoms with Crippen molar-refractivity contribution >= 4 is 16.1 Å². The van der Waals surface area contributed by atoms with Gasteiger partial charge in [-0.2, -0.15) is 8.42 Å². The maximum absolute atomic E-state index is 12.1. The Kier molecular flexibility index (Phi) is 11.2. The molecule has 0 aromatic heterocycles. The van der Waals surface area contributed by atoms with Crippen LogP contribution in [0.1, 0.15) is 67.4 Å². The lowest BCUT2D eigenvalue weighted by molar-refractivity contribution is 0.0600. The zero-order valence-corrected chi connectivity index (χ0v) is 21.4. The summed E-state index contributed by atoms with van der Waals surface area (Å²) in [5.74, 6) is 0.884. The van der Waals surface area contributed by atoms with E-state index in [4.69, 9.17) is 18.4 Å². The van der Waals surface area contributed by atoms with Crippen molar-refractivity contribution in [3.05, 3.63) is 53.1 Å². The number of carbonyl (C=O) groups excluding carboxylic acids is 1. The molecule has 0 amide bonds. The summed E-state index contributed by atoms with van der Waals surface area (Å²) in [5.41, 5.74) is 2.50. The molecule has 0 atom stereocenters. The highest BCUT2D eigenvalue weighted by Gasteiger charge is 2.16. The fourth-order valence-corrected chi connectivity index (χ4v) is 4.52. The molecule has 0 unspecified atom stereocenters. The normalized spacial score (nSPS) is 11.2. The summed E-state index contributed by atoms with van der Waals surface area (Å²) in [4.78, 5) is 11.9. The van der Waals surface area contributed by atoms with E-state index in [2.05, 4.69) is 6.92 Å². The number of methoxy groups -OCH3 is 2. The average molecular weight is 493 g/mol. The fraction of sp³-hybridized carbons (Fsp3) is 0.500. The van der Waals surface area contributed by atoms with Gasteiger partial charge in [-0.05, 0) is 67.5 Å². The molecule has 0 bridgehead atoms. The third kappa shape index (κ3) is 8.56. The second-order valence-electron chi connectivity index (χ2n) is 8.05. The summed E-state index contributed by atoms with van der Waals surface area (Å²) in [6.07, 6.45) is 5.63. The molecule has 0 N–H and O–H groups in total. The first-order valence-corrected chi connectivity index (χ1v) is 13.3. The predicted molar refractivity (Wildman–Crippen MR) is 133 cm³/mol. The van der Waals surface area contributed by atoms with Crippen LogP contribution in [0.25, 0.3) is 0 Å². The van der Waals surface area contributed by atoms with Crippen molar-refractivity contribution in [2.45, 2.75) is 58.8 Å². The number of rotatable bonds is 15. The second kappa shape index (κ2) is 13.8. The summed E-state index contributed by atoms with van der Waals surface area (Å²) in [6.45, 7) is 4.62. The zero-order chi connectivity index (χ0) is 25.0. The Labute approximate surface area is 203 Å². The Hall–Kier alpha value is -2.74. The fourth-order valence-electron chi connectivity index (χ4n) is 3.39. The molecule has 0 heterocycles. The van der Waals surface area contributed by atoms with Crippen molar-refractivity contribution in [3.8, 4) is 17.2 Å². The van der Waals surface area contributed by atoms with Crippen LogP contribution in [0.2, 0.25) is 0 Å². The van der Waals surface area contributed by atoms with Crippen LogP contribution in [0.15, 0.2) is 36.4 Å². The highest BCUT2D eigenvalue weighted by atomic mass is 32.2. The van der Waals surface area contributed by atoms with Gasteiger partial charge < -0.3 is 18.4 Å².